The van der Waals surface area contributed by atoms with Gasteiger partial charge in [0.05, 0.1) is 0 Å². The molecule has 6 heavy (non-hydrogen) atoms. The Kier molecular flexibility index (Phi) is 1.43. The van der Waals surface area contributed by atoms with Crippen LogP contribution in [-0.4, -0.2) is 19.6 Å². The van der Waals surface area contributed by atoms with E-state index in [4.69, 9.17) is 18.3 Å². The first-order valence-corrected chi connectivity index (χ1v) is 6.30. The van der Waals surface area contributed by atoms with Gasteiger partial charge in [-0.15, -0.1) is 11.7 Å². The highest BCUT2D eigenvalue weighted by molar-refractivity contribution is 9.01. The molecule has 0 unspecified atom stereocenters. The van der Waals surface area contributed by atoms with Crippen LogP contribution in [0.3, 0.4) is 0 Å². The molecule has 4 heteroatoms. The Morgan fingerprint density at radius 3 is 1.67 bits per heavy atom. The average molecular weight is 138 g/mol. The highest BCUT2D eigenvalue weighted by atomic mass is 33.4. The van der Waals surface area contributed by atoms with E-state index in [-0.39, 0.29) is 0 Å². The van der Waals surface area contributed by atoms with Crippen molar-refractivity contribution < 1.29 is 0 Å². The Bertz CT molecular complexity index is 86.5. The maximum absolute atomic E-state index is 5.38. The van der Waals surface area contributed by atoms with Gasteiger partial charge in [0, 0.05) is 0 Å². The molecule has 0 aromatic carbocycles. The van der Waals surface area contributed by atoms with E-state index >= 15 is 0 Å². The topological polar surface area (TPSA) is 0 Å². The van der Waals surface area contributed by atoms with Gasteiger partial charge in [0.1, 0.15) is 0 Å². The van der Waals surface area contributed by atoms with Crippen molar-refractivity contribution in [2.45, 2.75) is 0 Å². The Balaban J connectivity index is 4.16. The van der Waals surface area contributed by atoms with Gasteiger partial charge < -0.3 is 0 Å². The predicted molar refractivity (Wildman–Crippen MR) is 41.3 cm³/mol. The van der Waals surface area contributed by atoms with Crippen LogP contribution in [-0.2, 0) is 17.8 Å². The van der Waals surface area contributed by atoms with Crippen LogP contribution in [0.15, 0.2) is 0 Å². The largest absolute Gasteiger partial charge is 0.199 e. The molecule has 0 aliphatic heterocycles. The Morgan fingerprint density at radius 2 is 1.67 bits per heavy atom. The minimum atomic E-state index is -2.07. The highest BCUT2D eigenvalue weighted by Crippen LogP contribution is 2.15. The van der Waals surface area contributed by atoms with E-state index in [0.717, 1.165) is 0 Å². The summed E-state index contributed by atoms with van der Waals surface area (Å²) in [6.07, 6.45) is 3.55. The van der Waals surface area contributed by atoms with Crippen molar-refractivity contribution >= 4 is 36.6 Å². The molecular formula is C2H7BS3. The normalized spacial score (nSPS) is 18.8. The first-order chi connectivity index (χ1) is 2.24. The molecule has 0 aromatic heterocycles. The summed E-state index contributed by atoms with van der Waals surface area (Å²) < 4.78 is 0. The van der Waals surface area contributed by atoms with E-state index in [1.807, 2.05) is 0 Å². The van der Waals surface area contributed by atoms with Crippen molar-refractivity contribution in [1.29, 1.82) is 0 Å². The van der Waals surface area contributed by atoms with E-state index in [1.165, 1.54) is 0 Å². The zero-order valence-corrected chi connectivity index (χ0v) is 6.37. The minimum absolute atomic E-state index is 1.77. The molecule has 0 atom stereocenters. The average Bonchev–Trinajstić information content (AvgIpc) is 0.650. The standard InChI is InChI=1S/C2H7BS3/c1-6(2,3,4)5/h1-2H3,(H,4,5). The quantitative estimate of drug-likeness (QED) is 0.286. The number of hydrogen-bond acceptors (Lipinski definition) is 1. The molecular weight excluding hydrogens is 131 g/mol. The van der Waals surface area contributed by atoms with Crippen LogP contribution in [0.4, 0.5) is 0 Å². The molecule has 0 fully saturated rings. The van der Waals surface area contributed by atoms with E-state index in [9.17, 15) is 0 Å². The number of hydrogen-bond donors (Lipinski definition) is 1. The fraction of sp³-hybridized carbons (Fsp3) is 1.00. The third-order valence-corrected chi connectivity index (χ3v) is 0. The minimum Gasteiger partial charge on any atom is -0.199 e. The third kappa shape index (κ3) is 81.6. The molecule has 0 amide bonds. The summed E-state index contributed by atoms with van der Waals surface area (Å²) in [5.74, 6) is 0. The molecule has 0 bridgehead atoms. The highest BCUT2D eigenvalue weighted by Gasteiger charge is 2.02. The predicted octanol–water partition coefficient (Wildman–Crippen LogP) is 0.326. The van der Waals surface area contributed by atoms with Crippen molar-refractivity contribution in [2.24, 2.45) is 0 Å². The van der Waals surface area contributed by atoms with Crippen LogP contribution < -0.4 is 0 Å². The fourth-order valence-electron chi connectivity index (χ4n) is 0. The zero-order chi connectivity index (χ0) is 5.45. The molecule has 0 aromatic rings. The summed E-state index contributed by atoms with van der Waals surface area (Å²) in [6.45, 7) is -2.07. The first kappa shape index (κ1) is 6.98. The Morgan fingerprint density at radius 1 is 1.67 bits per heavy atom. The second kappa shape index (κ2) is 1.23. The van der Waals surface area contributed by atoms with E-state index in [0.29, 0.717) is 0 Å². The first-order valence-electron chi connectivity index (χ1n) is 1.40. The van der Waals surface area contributed by atoms with Crippen LogP contribution in [0.5, 0.6) is 0 Å². The van der Waals surface area contributed by atoms with Gasteiger partial charge in [-0.1, -0.05) is 11.2 Å². The van der Waals surface area contributed by atoms with Crippen LogP contribution in [0, 0.1) is 0 Å². The lowest BCUT2D eigenvalue weighted by molar-refractivity contribution is 2.31. The second-order valence-corrected chi connectivity index (χ2v) is 12.8. The summed E-state index contributed by atoms with van der Waals surface area (Å²) in [6, 6.07) is 0. The zero-order valence-electron chi connectivity index (χ0n) is 3.84. The summed E-state index contributed by atoms with van der Waals surface area (Å²) >= 11 is 8.76. The summed E-state index contributed by atoms with van der Waals surface area (Å²) in [5.41, 5.74) is 0. The lowest BCUT2D eigenvalue weighted by atomic mass is 10.8. The summed E-state index contributed by atoms with van der Waals surface area (Å²) in [7, 11) is 5.38. The van der Waals surface area contributed by atoms with Gasteiger partial charge in [0.15, 0.2) is 7.12 Å². The van der Waals surface area contributed by atoms with Gasteiger partial charge in [-0.25, -0.2) is 0 Å². The van der Waals surface area contributed by atoms with Crippen molar-refractivity contribution in [2.75, 3.05) is 12.5 Å². The van der Waals surface area contributed by atoms with Gasteiger partial charge in [0.25, 0.3) is 0 Å². The van der Waals surface area contributed by atoms with Crippen molar-refractivity contribution in [1.82, 2.24) is 0 Å². The maximum atomic E-state index is 5.38. The smallest absolute Gasteiger partial charge is 0.159 e. The van der Waals surface area contributed by atoms with Gasteiger partial charge >= 0.3 is 0 Å². The molecule has 0 saturated carbocycles. The van der Waals surface area contributed by atoms with E-state index in [1.54, 1.807) is 12.5 Å². The van der Waals surface area contributed by atoms with Crippen LogP contribution in [0.2, 0.25) is 0 Å². The Labute approximate surface area is 49.3 Å². The summed E-state index contributed by atoms with van der Waals surface area (Å²) in [5, 5.41) is 0. The third-order valence-electron chi connectivity index (χ3n) is 0. The SMILES string of the molecule is [B]S(C)(C)(=S)S. The van der Waals surface area contributed by atoms with Crippen molar-refractivity contribution in [3.8, 4) is 0 Å². The van der Waals surface area contributed by atoms with Crippen LogP contribution in [0.1, 0.15) is 0 Å². The molecule has 0 rings (SSSR count). The molecule has 0 N–H and O–H groups in total. The molecule has 2 radical (unpaired) electrons. The van der Waals surface area contributed by atoms with Crippen LogP contribution in [0.25, 0.3) is 0 Å². The molecule has 0 spiro atoms. The lowest BCUT2D eigenvalue weighted by Gasteiger charge is -2.23. The van der Waals surface area contributed by atoms with Gasteiger partial charge in [0.2, 0.25) is 0 Å². The van der Waals surface area contributed by atoms with E-state index < -0.39 is 6.60 Å². The molecule has 0 saturated heterocycles. The molecule has 0 aliphatic carbocycles. The second-order valence-electron chi connectivity index (χ2n) is 1.85. The van der Waals surface area contributed by atoms with Gasteiger partial charge in [-0.3, -0.25) is 0 Å². The van der Waals surface area contributed by atoms with Gasteiger partial charge in [-0.05, 0) is 12.5 Å². The summed E-state index contributed by atoms with van der Waals surface area (Å²) in [4.78, 5) is 0. The van der Waals surface area contributed by atoms with Crippen LogP contribution >= 0.6 is 11.7 Å². The fourth-order valence-corrected chi connectivity index (χ4v) is 0. The monoisotopic (exact) mass is 138 g/mol. The molecule has 0 aliphatic rings. The number of thiol groups is 1. The molecule has 36 valence electrons. The Hall–Kier alpha value is 0.985. The van der Waals surface area contributed by atoms with Crippen molar-refractivity contribution in [3.05, 3.63) is 0 Å². The van der Waals surface area contributed by atoms with Gasteiger partial charge in [-0.2, -0.15) is 6.60 Å². The maximum Gasteiger partial charge on any atom is 0.159 e. The number of rotatable bonds is 0. The van der Waals surface area contributed by atoms with E-state index in [2.05, 4.69) is 11.7 Å². The van der Waals surface area contributed by atoms with Crippen molar-refractivity contribution in [3.63, 3.8) is 0 Å². The molecule has 0 nitrogen and oxygen atoms in total. The molecule has 0 heterocycles. The lowest BCUT2D eigenvalue weighted by Crippen LogP contribution is -2.17.